The van der Waals surface area contributed by atoms with E-state index in [0.29, 0.717) is 19.1 Å². The van der Waals surface area contributed by atoms with Crippen molar-refractivity contribution in [1.82, 2.24) is 5.32 Å². The summed E-state index contributed by atoms with van der Waals surface area (Å²) in [6.45, 7) is 1.65. The molecule has 0 atom stereocenters. The molecule has 0 aromatic carbocycles. The molecule has 1 amide bonds. The fourth-order valence-corrected chi connectivity index (χ4v) is 0.987. The molecule has 0 aliphatic heterocycles. The predicted octanol–water partition coefficient (Wildman–Crippen LogP) is 0.170. The summed E-state index contributed by atoms with van der Waals surface area (Å²) in [5.41, 5.74) is 0. The van der Waals surface area contributed by atoms with E-state index < -0.39 is 11.9 Å². The summed E-state index contributed by atoms with van der Waals surface area (Å²) in [4.78, 5) is 21.0. The van der Waals surface area contributed by atoms with Crippen LogP contribution in [0.5, 0.6) is 0 Å². The van der Waals surface area contributed by atoms with E-state index in [-0.39, 0.29) is 0 Å². The van der Waals surface area contributed by atoms with Crippen LogP contribution in [0.25, 0.3) is 0 Å². The topological polar surface area (TPSA) is 75.6 Å². The number of rotatable bonds is 7. The van der Waals surface area contributed by atoms with Gasteiger partial charge in [-0.15, -0.1) is 0 Å². The molecular formula is C10H15NO4. The molecule has 1 aliphatic carbocycles. The van der Waals surface area contributed by atoms with Gasteiger partial charge in [0.25, 0.3) is 0 Å². The van der Waals surface area contributed by atoms with E-state index in [1.807, 2.05) is 0 Å². The molecule has 2 N–H and O–H groups in total. The van der Waals surface area contributed by atoms with Crippen LogP contribution in [0, 0.1) is 5.92 Å². The third-order valence-corrected chi connectivity index (χ3v) is 1.97. The SMILES string of the molecule is O=C(O)/C=C/C(=O)NCCOCC1CC1. The van der Waals surface area contributed by atoms with Crippen LogP contribution in [0.1, 0.15) is 12.8 Å². The fourth-order valence-electron chi connectivity index (χ4n) is 0.987. The largest absolute Gasteiger partial charge is 0.478 e. The molecule has 84 valence electrons. The van der Waals surface area contributed by atoms with Gasteiger partial charge in [-0.3, -0.25) is 4.79 Å². The Morgan fingerprint density at radius 3 is 2.73 bits per heavy atom. The zero-order valence-electron chi connectivity index (χ0n) is 8.44. The number of nitrogens with one attached hydrogen (secondary N) is 1. The molecule has 5 nitrogen and oxygen atoms in total. The van der Waals surface area contributed by atoms with Crippen LogP contribution in [-0.2, 0) is 14.3 Å². The van der Waals surface area contributed by atoms with E-state index in [1.165, 1.54) is 12.8 Å². The normalized spacial score (nSPS) is 15.5. The number of carbonyl (C=O) groups excluding carboxylic acids is 1. The van der Waals surface area contributed by atoms with Gasteiger partial charge in [-0.25, -0.2) is 4.79 Å². The molecule has 0 bridgehead atoms. The van der Waals surface area contributed by atoms with Crippen LogP contribution in [0.2, 0.25) is 0 Å². The van der Waals surface area contributed by atoms with Crippen molar-refractivity contribution in [3.05, 3.63) is 12.2 Å². The summed E-state index contributed by atoms with van der Waals surface area (Å²) in [5.74, 6) is -0.824. The van der Waals surface area contributed by atoms with Crippen LogP contribution in [0.3, 0.4) is 0 Å². The Hall–Kier alpha value is -1.36. The standard InChI is InChI=1S/C10H15NO4/c12-9(3-4-10(13)14)11-5-6-15-7-8-1-2-8/h3-4,8H,1-2,5-7H2,(H,11,12)(H,13,14)/b4-3+. The first-order chi connectivity index (χ1) is 7.18. The molecular weight excluding hydrogens is 198 g/mol. The van der Waals surface area contributed by atoms with Gasteiger partial charge in [0.2, 0.25) is 5.91 Å². The van der Waals surface area contributed by atoms with Crippen molar-refractivity contribution >= 4 is 11.9 Å². The summed E-state index contributed by atoms with van der Waals surface area (Å²) in [6, 6.07) is 0. The minimum atomic E-state index is -1.13. The van der Waals surface area contributed by atoms with E-state index in [4.69, 9.17) is 9.84 Å². The van der Waals surface area contributed by atoms with Gasteiger partial charge in [-0.05, 0) is 18.8 Å². The maximum absolute atomic E-state index is 10.9. The van der Waals surface area contributed by atoms with Crippen LogP contribution < -0.4 is 5.32 Å². The number of ether oxygens (including phenoxy) is 1. The van der Waals surface area contributed by atoms with Gasteiger partial charge in [0, 0.05) is 25.3 Å². The van der Waals surface area contributed by atoms with Crippen molar-refractivity contribution in [2.75, 3.05) is 19.8 Å². The molecule has 1 rings (SSSR count). The highest BCUT2D eigenvalue weighted by Gasteiger charge is 2.20. The van der Waals surface area contributed by atoms with E-state index in [9.17, 15) is 9.59 Å². The molecule has 1 aliphatic rings. The van der Waals surface area contributed by atoms with E-state index in [2.05, 4.69) is 5.32 Å². The molecule has 0 unspecified atom stereocenters. The molecule has 15 heavy (non-hydrogen) atoms. The number of hydrogen-bond donors (Lipinski definition) is 2. The predicted molar refractivity (Wildman–Crippen MR) is 53.3 cm³/mol. The van der Waals surface area contributed by atoms with Crippen LogP contribution in [-0.4, -0.2) is 36.7 Å². The lowest BCUT2D eigenvalue weighted by Crippen LogP contribution is -2.25. The maximum Gasteiger partial charge on any atom is 0.328 e. The molecule has 5 heteroatoms. The number of hydrogen-bond acceptors (Lipinski definition) is 3. The van der Waals surface area contributed by atoms with Crippen molar-refractivity contribution in [3.63, 3.8) is 0 Å². The third-order valence-electron chi connectivity index (χ3n) is 1.97. The highest BCUT2D eigenvalue weighted by molar-refractivity contribution is 5.93. The van der Waals surface area contributed by atoms with E-state index in [0.717, 1.165) is 18.8 Å². The van der Waals surface area contributed by atoms with Gasteiger partial charge < -0.3 is 15.2 Å². The second kappa shape index (κ2) is 6.19. The summed E-state index contributed by atoms with van der Waals surface area (Å²) in [6.07, 6.45) is 4.28. The van der Waals surface area contributed by atoms with Crippen LogP contribution in [0.4, 0.5) is 0 Å². The van der Waals surface area contributed by atoms with Gasteiger partial charge in [0.15, 0.2) is 0 Å². The minimum absolute atomic E-state index is 0.410. The second-order valence-corrected chi connectivity index (χ2v) is 3.48. The lowest BCUT2D eigenvalue weighted by atomic mass is 10.4. The molecule has 1 saturated carbocycles. The Balaban J connectivity index is 1.93. The van der Waals surface area contributed by atoms with Crippen LogP contribution >= 0.6 is 0 Å². The van der Waals surface area contributed by atoms with Crippen molar-refractivity contribution in [1.29, 1.82) is 0 Å². The lowest BCUT2D eigenvalue weighted by molar-refractivity contribution is -0.131. The summed E-state index contributed by atoms with van der Waals surface area (Å²) < 4.78 is 5.28. The zero-order valence-corrected chi connectivity index (χ0v) is 8.44. The Labute approximate surface area is 88.1 Å². The van der Waals surface area contributed by atoms with Crippen molar-refractivity contribution in [3.8, 4) is 0 Å². The second-order valence-electron chi connectivity index (χ2n) is 3.48. The fraction of sp³-hybridized carbons (Fsp3) is 0.600. The lowest BCUT2D eigenvalue weighted by Gasteiger charge is -2.03. The number of carboxylic acid groups (broad SMARTS) is 1. The first-order valence-corrected chi connectivity index (χ1v) is 4.95. The van der Waals surface area contributed by atoms with E-state index >= 15 is 0 Å². The number of carbonyl (C=O) groups is 2. The molecule has 0 heterocycles. The zero-order chi connectivity index (χ0) is 11.1. The average molecular weight is 213 g/mol. The van der Waals surface area contributed by atoms with Gasteiger partial charge >= 0.3 is 5.97 Å². The number of carboxylic acids is 1. The van der Waals surface area contributed by atoms with E-state index in [1.54, 1.807) is 0 Å². The smallest absolute Gasteiger partial charge is 0.328 e. The van der Waals surface area contributed by atoms with Gasteiger partial charge in [-0.2, -0.15) is 0 Å². The molecule has 0 aromatic rings. The molecule has 0 saturated heterocycles. The minimum Gasteiger partial charge on any atom is -0.478 e. The van der Waals surface area contributed by atoms with Crippen molar-refractivity contribution in [2.24, 2.45) is 5.92 Å². The van der Waals surface area contributed by atoms with Gasteiger partial charge in [0.1, 0.15) is 0 Å². The Morgan fingerprint density at radius 2 is 2.13 bits per heavy atom. The summed E-state index contributed by atoms with van der Waals surface area (Å²) in [5, 5.41) is 10.8. The average Bonchev–Trinajstić information content (AvgIpc) is 2.98. The summed E-state index contributed by atoms with van der Waals surface area (Å²) in [7, 11) is 0. The third kappa shape index (κ3) is 6.68. The molecule has 0 spiro atoms. The Bertz CT molecular complexity index is 258. The highest BCUT2D eigenvalue weighted by Crippen LogP contribution is 2.28. The van der Waals surface area contributed by atoms with Crippen molar-refractivity contribution < 1.29 is 19.4 Å². The summed E-state index contributed by atoms with van der Waals surface area (Å²) >= 11 is 0. The first kappa shape index (κ1) is 11.7. The molecule has 0 aromatic heterocycles. The number of amides is 1. The van der Waals surface area contributed by atoms with Gasteiger partial charge in [-0.1, -0.05) is 0 Å². The monoisotopic (exact) mass is 213 g/mol. The van der Waals surface area contributed by atoms with Crippen molar-refractivity contribution in [2.45, 2.75) is 12.8 Å². The Kier molecular flexibility index (Phi) is 4.83. The number of aliphatic carboxylic acids is 1. The quantitative estimate of drug-likeness (QED) is 0.467. The Morgan fingerprint density at radius 1 is 1.40 bits per heavy atom. The van der Waals surface area contributed by atoms with Gasteiger partial charge in [0.05, 0.1) is 6.61 Å². The molecule has 0 radical (unpaired) electrons. The molecule has 1 fully saturated rings. The highest BCUT2D eigenvalue weighted by atomic mass is 16.5. The maximum atomic E-state index is 10.9. The van der Waals surface area contributed by atoms with Crippen LogP contribution in [0.15, 0.2) is 12.2 Å². The first-order valence-electron chi connectivity index (χ1n) is 4.95.